The summed E-state index contributed by atoms with van der Waals surface area (Å²) < 4.78 is 24.1. The third kappa shape index (κ3) is 13.4. The molecule has 3 N–H and O–H groups in total. The molecule has 0 spiro atoms. The predicted molar refractivity (Wildman–Crippen MR) is 199 cm³/mol. The van der Waals surface area contributed by atoms with E-state index in [0.717, 1.165) is 18.4 Å². The number of hydrogen-bond donors (Lipinski definition) is 3. The van der Waals surface area contributed by atoms with Crippen molar-refractivity contribution in [3.63, 3.8) is 0 Å². The third-order valence-electron chi connectivity index (χ3n) is 10.3. The van der Waals surface area contributed by atoms with Gasteiger partial charge in [0.1, 0.15) is 12.7 Å². The fourth-order valence-corrected chi connectivity index (χ4v) is 6.65. The van der Waals surface area contributed by atoms with Gasteiger partial charge in [-0.1, -0.05) is 108 Å². The van der Waals surface area contributed by atoms with Gasteiger partial charge in [-0.05, 0) is 62.4 Å². The number of carbonyl (C=O) groups is 2. The fraction of sp³-hybridized carbons (Fsp3) is 0.619. The van der Waals surface area contributed by atoms with Crippen molar-refractivity contribution in [2.75, 3.05) is 13.2 Å². The van der Waals surface area contributed by atoms with E-state index in [-0.39, 0.29) is 43.9 Å². The van der Waals surface area contributed by atoms with Crippen LogP contribution in [0.15, 0.2) is 84.6 Å². The first-order chi connectivity index (χ1) is 24.2. The van der Waals surface area contributed by atoms with Crippen LogP contribution in [0.4, 0.5) is 0 Å². The van der Waals surface area contributed by atoms with Crippen molar-refractivity contribution in [3.8, 4) is 0 Å². The van der Waals surface area contributed by atoms with Crippen molar-refractivity contribution < 1.29 is 43.9 Å². The second-order valence-electron chi connectivity index (χ2n) is 15.2. The van der Waals surface area contributed by atoms with Crippen LogP contribution >= 0.6 is 0 Å². The van der Waals surface area contributed by atoms with Gasteiger partial charge in [0.15, 0.2) is 6.10 Å². The molecule has 9 heteroatoms. The summed E-state index contributed by atoms with van der Waals surface area (Å²) in [5, 5.41) is 31.1. The van der Waals surface area contributed by atoms with Gasteiger partial charge < -0.3 is 34.3 Å². The minimum atomic E-state index is -1.39. The highest BCUT2D eigenvalue weighted by Gasteiger charge is 2.49. The van der Waals surface area contributed by atoms with Gasteiger partial charge in [0.05, 0.1) is 42.5 Å². The Morgan fingerprint density at radius 2 is 1.84 bits per heavy atom. The van der Waals surface area contributed by atoms with Crippen molar-refractivity contribution in [1.82, 2.24) is 0 Å². The average molecular weight is 711 g/mol. The molecule has 0 aromatic heterocycles. The maximum Gasteiger partial charge on any atom is 0.335 e. The quantitative estimate of drug-likeness (QED) is 0.159. The summed E-state index contributed by atoms with van der Waals surface area (Å²) in [5.74, 6) is -0.100. The molecule has 0 aromatic rings. The molecule has 0 radical (unpaired) electrons. The molecule has 0 amide bonds. The zero-order valence-corrected chi connectivity index (χ0v) is 31.5. The van der Waals surface area contributed by atoms with Crippen LogP contribution in [-0.4, -0.2) is 83.2 Å². The lowest BCUT2D eigenvalue weighted by molar-refractivity contribution is -0.198. The SMILES string of the molecule is C=C(COC(=O)[C@@H](O)C/C=C\C[C@@H]1O[C@@H]2C=CC/C=C/C(C)=C\[C@H]3O[C@@H](C/C=C/C=C/C(=O)O[C@H](C2)[C@@]1(C)CO)C[C@H](C)[C@H]3C)C(O)CC(C)C. The number of carbonyl (C=O) groups excluding carboxylic acids is 2. The number of aliphatic hydroxyl groups excluding tert-OH is 3. The number of aliphatic hydroxyl groups is 3. The summed E-state index contributed by atoms with van der Waals surface area (Å²) in [4.78, 5) is 25.4. The Balaban J connectivity index is 1.71. The molecule has 1 unspecified atom stereocenters. The van der Waals surface area contributed by atoms with Crippen LogP contribution in [0.1, 0.15) is 86.5 Å². The first-order valence-corrected chi connectivity index (χ1v) is 18.6. The van der Waals surface area contributed by atoms with E-state index in [9.17, 15) is 24.9 Å². The molecule has 3 aliphatic heterocycles. The predicted octanol–water partition coefficient (Wildman–Crippen LogP) is 6.65. The summed E-state index contributed by atoms with van der Waals surface area (Å²) in [6.45, 7) is 15.8. The van der Waals surface area contributed by atoms with Gasteiger partial charge in [0.2, 0.25) is 0 Å². The van der Waals surface area contributed by atoms with Gasteiger partial charge in [-0.3, -0.25) is 0 Å². The molecular formula is C42H62O9. The number of allylic oxidation sites excluding steroid dienone is 6. The first kappa shape index (κ1) is 42.3. The summed E-state index contributed by atoms with van der Waals surface area (Å²) in [5.41, 5.74) is 0.620. The standard InChI is InChI=1S/C42H62O9/c1-28(2)22-36(45)31(5)26-48-41(47)35(44)19-14-15-20-38-42(7,27-43)39-25-34(50-38)18-11-8-10-16-29(3)23-37-32(6)30(4)24-33(49-37)17-12-9-13-21-40(46)51-39/h9-16,18,21,23,28,30,32-39,43-45H,5,8,17,19-20,22,24-27H2,1-4,6-7H3/b12-9+,15-14-,16-10+,18-11?,21-13+,29-23-/t30-,32+,33-,34+,35-,36?,37+,38-,39+,42-/m0/s1. The summed E-state index contributed by atoms with van der Waals surface area (Å²) in [6.07, 6.45) is 20.9. The monoisotopic (exact) mass is 710 g/mol. The van der Waals surface area contributed by atoms with Crippen molar-refractivity contribution in [1.29, 1.82) is 0 Å². The highest BCUT2D eigenvalue weighted by atomic mass is 16.6. The number of rotatable bonds is 11. The molecule has 0 aliphatic carbocycles. The lowest BCUT2D eigenvalue weighted by Crippen LogP contribution is -2.55. The van der Waals surface area contributed by atoms with Gasteiger partial charge >= 0.3 is 11.9 Å². The molecule has 284 valence electrons. The highest BCUT2D eigenvalue weighted by molar-refractivity contribution is 5.82. The fourth-order valence-electron chi connectivity index (χ4n) is 6.65. The van der Waals surface area contributed by atoms with Crippen LogP contribution in [-0.2, 0) is 28.5 Å². The Hall–Kier alpha value is -3.08. The van der Waals surface area contributed by atoms with Gasteiger partial charge in [0.25, 0.3) is 0 Å². The lowest BCUT2D eigenvalue weighted by Gasteiger charge is -2.47. The van der Waals surface area contributed by atoms with Crippen molar-refractivity contribution in [2.45, 2.75) is 129 Å². The molecule has 0 saturated carbocycles. The molecule has 9 nitrogen and oxygen atoms in total. The number of fused-ring (bicyclic) bond motifs is 4. The normalized spacial score (nSPS) is 34.8. The molecule has 51 heavy (non-hydrogen) atoms. The minimum absolute atomic E-state index is 0.00816. The maximum atomic E-state index is 13.0. The van der Waals surface area contributed by atoms with Crippen LogP contribution in [0, 0.1) is 23.2 Å². The maximum absolute atomic E-state index is 13.0. The van der Waals surface area contributed by atoms with Crippen molar-refractivity contribution in [2.24, 2.45) is 23.2 Å². The summed E-state index contributed by atoms with van der Waals surface area (Å²) in [7, 11) is 0. The van der Waals surface area contributed by atoms with E-state index in [4.69, 9.17) is 18.9 Å². The Morgan fingerprint density at radius 1 is 1.08 bits per heavy atom. The molecule has 0 aromatic carbocycles. The zero-order valence-electron chi connectivity index (χ0n) is 31.5. The van der Waals surface area contributed by atoms with Crippen molar-refractivity contribution in [3.05, 3.63) is 84.6 Å². The Kier molecular flexibility index (Phi) is 17.3. The van der Waals surface area contributed by atoms with E-state index in [0.29, 0.717) is 43.1 Å². The van der Waals surface area contributed by atoms with E-state index in [1.807, 2.05) is 45.1 Å². The number of esters is 2. The van der Waals surface area contributed by atoms with E-state index >= 15 is 0 Å². The van der Waals surface area contributed by atoms with Gasteiger partial charge in [-0.2, -0.15) is 0 Å². The zero-order chi connectivity index (χ0) is 37.6. The Labute approximate surface area is 305 Å². The Morgan fingerprint density at radius 3 is 2.57 bits per heavy atom. The molecule has 4 bridgehead atoms. The van der Waals surface area contributed by atoms with Crippen LogP contribution in [0.5, 0.6) is 0 Å². The smallest absolute Gasteiger partial charge is 0.335 e. The van der Waals surface area contributed by atoms with Crippen LogP contribution in [0.3, 0.4) is 0 Å². The van der Waals surface area contributed by atoms with E-state index in [2.05, 4.69) is 45.6 Å². The molecule has 2 saturated heterocycles. The molecule has 3 rings (SSSR count). The summed E-state index contributed by atoms with van der Waals surface area (Å²) in [6, 6.07) is 0. The van der Waals surface area contributed by atoms with Crippen LogP contribution < -0.4 is 0 Å². The molecular weight excluding hydrogens is 648 g/mol. The van der Waals surface area contributed by atoms with Gasteiger partial charge in [0, 0.05) is 18.9 Å². The van der Waals surface area contributed by atoms with Crippen LogP contribution in [0.2, 0.25) is 0 Å². The second kappa shape index (κ2) is 20.8. The Bertz CT molecular complexity index is 1320. The topological polar surface area (TPSA) is 132 Å². The van der Waals surface area contributed by atoms with E-state index in [1.54, 1.807) is 18.2 Å². The number of ether oxygens (including phenoxy) is 4. The number of hydrogen-bond acceptors (Lipinski definition) is 9. The molecule has 3 aliphatic rings. The van der Waals surface area contributed by atoms with Gasteiger partial charge in [-0.25, -0.2) is 9.59 Å². The average Bonchev–Trinajstić information content (AvgIpc) is 3.07. The summed E-state index contributed by atoms with van der Waals surface area (Å²) >= 11 is 0. The van der Waals surface area contributed by atoms with Crippen LogP contribution in [0.25, 0.3) is 0 Å². The van der Waals surface area contributed by atoms with Crippen molar-refractivity contribution >= 4 is 11.9 Å². The van der Waals surface area contributed by atoms with E-state index < -0.39 is 41.8 Å². The minimum Gasteiger partial charge on any atom is -0.459 e. The lowest BCUT2D eigenvalue weighted by atomic mass is 9.73. The molecule has 10 atom stereocenters. The van der Waals surface area contributed by atoms with E-state index in [1.165, 1.54) is 6.08 Å². The highest BCUT2D eigenvalue weighted by Crippen LogP contribution is 2.41. The first-order valence-electron chi connectivity index (χ1n) is 18.6. The van der Waals surface area contributed by atoms with Gasteiger partial charge in [-0.15, -0.1) is 0 Å². The second-order valence-corrected chi connectivity index (χ2v) is 15.2. The third-order valence-corrected chi connectivity index (χ3v) is 10.3. The largest absolute Gasteiger partial charge is 0.459 e. The molecule has 3 heterocycles. The molecule has 2 fully saturated rings.